The molecule has 1 aromatic carbocycles. The van der Waals surface area contributed by atoms with Gasteiger partial charge in [0.05, 0.1) is 7.11 Å². The van der Waals surface area contributed by atoms with Crippen molar-refractivity contribution < 1.29 is 4.74 Å². The number of nitrogens with zero attached hydrogens (tertiary/aromatic N) is 4. The van der Waals surface area contributed by atoms with Gasteiger partial charge in [0.25, 0.3) is 0 Å². The number of aryl methyl sites for hydroxylation is 2. The average Bonchev–Trinajstić information content (AvgIpc) is 3.07. The second-order valence-corrected chi connectivity index (χ2v) is 4.87. The fraction of sp³-hybridized carbons (Fsp3) is 0.188. The summed E-state index contributed by atoms with van der Waals surface area (Å²) in [6.07, 6.45) is 5.09. The van der Waals surface area contributed by atoms with Crippen LogP contribution in [0, 0.1) is 0 Å². The van der Waals surface area contributed by atoms with E-state index < -0.39 is 0 Å². The first-order valence-corrected chi connectivity index (χ1v) is 7.01. The van der Waals surface area contributed by atoms with E-state index in [-0.39, 0.29) is 0 Å². The van der Waals surface area contributed by atoms with Crippen molar-refractivity contribution in [2.24, 2.45) is 0 Å². The highest BCUT2D eigenvalue weighted by atomic mass is 16.5. The molecular formula is C16H17N5O. The van der Waals surface area contributed by atoms with Gasteiger partial charge in [0.1, 0.15) is 17.4 Å². The highest BCUT2D eigenvalue weighted by Crippen LogP contribution is 2.14. The lowest BCUT2D eigenvalue weighted by atomic mass is 10.1. The molecule has 2 aromatic heterocycles. The summed E-state index contributed by atoms with van der Waals surface area (Å²) in [5.74, 6) is 2.69. The van der Waals surface area contributed by atoms with Gasteiger partial charge in [-0.1, -0.05) is 12.1 Å². The maximum atomic E-state index is 5.86. The van der Waals surface area contributed by atoms with Gasteiger partial charge < -0.3 is 10.5 Å². The van der Waals surface area contributed by atoms with Crippen molar-refractivity contribution in [3.8, 4) is 11.6 Å². The molecule has 0 radical (unpaired) electrons. The van der Waals surface area contributed by atoms with Crippen molar-refractivity contribution in [1.82, 2.24) is 19.7 Å². The summed E-state index contributed by atoms with van der Waals surface area (Å²) in [6.45, 7) is 0. The number of ether oxygens (including phenoxy) is 1. The molecule has 0 aliphatic carbocycles. The molecule has 112 valence electrons. The Balaban J connectivity index is 1.74. The molecule has 0 saturated carbocycles. The van der Waals surface area contributed by atoms with Gasteiger partial charge in [0, 0.05) is 24.9 Å². The van der Waals surface area contributed by atoms with Gasteiger partial charge in [-0.15, -0.1) is 0 Å². The smallest absolute Gasteiger partial charge is 0.159 e. The molecule has 22 heavy (non-hydrogen) atoms. The van der Waals surface area contributed by atoms with E-state index in [1.165, 1.54) is 5.56 Å². The molecule has 0 saturated heterocycles. The van der Waals surface area contributed by atoms with E-state index in [1.807, 2.05) is 36.5 Å². The number of anilines is 1. The van der Waals surface area contributed by atoms with Crippen LogP contribution in [0.25, 0.3) is 5.82 Å². The fourth-order valence-corrected chi connectivity index (χ4v) is 2.18. The first-order valence-electron chi connectivity index (χ1n) is 7.01. The second kappa shape index (κ2) is 6.26. The van der Waals surface area contributed by atoms with Crippen molar-refractivity contribution >= 4 is 5.82 Å². The standard InChI is InChI=1S/C16H17N5O/c1-22-13-6-3-12(4-7-13)5-8-15-19-14(17)11-16(20-15)21-10-2-9-18-21/h2-4,6-7,9-11H,5,8H2,1H3,(H2,17,19,20). The fourth-order valence-electron chi connectivity index (χ4n) is 2.18. The number of aromatic nitrogens is 4. The van der Waals surface area contributed by atoms with Crippen molar-refractivity contribution in [3.05, 3.63) is 60.2 Å². The Labute approximate surface area is 128 Å². The quantitative estimate of drug-likeness (QED) is 0.779. The Morgan fingerprint density at radius 3 is 2.64 bits per heavy atom. The molecule has 2 N–H and O–H groups in total. The summed E-state index contributed by atoms with van der Waals surface area (Å²) < 4.78 is 6.83. The molecule has 2 heterocycles. The van der Waals surface area contributed by atoms with E-state index in [2.05, 4.69) is 15.1 Å². The predicted molar refractivity (Wildman–Crippen MR) is 84.0 cm³/mol. The summed E-state index contributed by atoms with van der Waals surface area (Å²) in [5.41, 5.74) is 7.06. The van der Waals surface area contributed by atoms with Crippen LogP contribution in [0.4, 0.5) is 5.82 Å². The zero-order valence-corrected chi connectivity index (χ0v) is 12.3. The summed E-state index contributed by atoms with van der Waals surface area (Å²) in [4.78, 5) is 8.80. The molecule has 0 bridgehead atoms. The Morgan fingerprint density at radius 1 is 1.14 bits per heavy atom. The van der Waals surface area contributed by atoms with Crippen molar-refractivity contribution in [2.45, 2.75) is 12.8 Å². The van der Waals surface area contributed by atoms with Crippen LogP contribution >= 0.6 is 0 Å². The lowest BCUT2D eigenvalue weighted by molar-refractivity contribution is 0.414. The predicted octanol–water partition coefficient (Wildman–Crippen LogP) is 2.04. The minimum absolute atomic E-state index is 0.449. The Bertz CT molecular complexity index is 738. The maximum Gasteiger partial charge on any atom is 0.159 e. The highest BCUT2D eigenvalue weighted by molar-refractivity contribution is 5.37. The molecule has 0 fully saturated rings. The number of hydrogen-bond donors (Lipinski definition) is 1. The van der Waals surface area contributed by atoms with Crippen LogP contribution in [-0.2, 0) is 12.8 Å². The number of methoxy groups -OCH3 is 1. The third-order valence-electron chi connectivity index (χ3n) is 3.31. The zero-order chi connectivity index (χ0) is 15.4. The normalized spacial score (nSPS) is 10.6. The molecule has 0 aliphatic heterocycles. The van der Waals surface area contributed by atoms with E-state index in [1.54, 1.807) is 24.1 Å². The SMILES string of the molecule is COc1ccc(CCc2nc(N)cc(-n3cccn3)n2)cc1. The van der Waals surface area contributed by atoms with E-state index in [0.29, 0.717) is 23.9 Å². The van der Waals surface area contributed by atoms with Crippen LogP contribution in [0.15, 0.2) is 48.8 Å². The molecule has 0 atom stereocenters. The third-order valence-corrected chi connectivity index (χ3v) is 3.31. The number of nitrogens with two attached hydrogens (primary N) is 1. The van der Waals surface area contributed by atoms with Gasteiger partial charge >= 0.3 is 0 Å². The van der Waals surface area contributed by atoms with Crippen molar-refractivity contribution in [1.29, 1.82) is 0 Å². The molecule has 0 unspecified atom stereocenters. The summed E-state index contributed by atoms with van der Waals surface area (Å²) >= 11 is 0. The molecule has 0 spiro atoms. The van der Waals surface area contributed by atoms with Gasteiger partial charge in [0.2, 0.25) is 0 Å². The highest BCUT2D eigenvalue weighted by Gasteiger charge is 2.05. The number of rotatable bonds is 5. The molecule has 6 heteroatoms. The van der Waals surface area contributed by atoms with Gasteiger partial charge in [-0.05, 0) is 30.2 Å². The summed E-state index contributed by atoms with van der Waals surface area (Å²) in [7, 11) is 1.66. The van der Waals surface area contributed by atoms with E-state index in [0.717, 1.165) is 12.2 Å². The lowest BCUT2D eigenvalue weighted by Gasteiger charge is -2.06. The van der Waals surface area contributed by atoms with Crippen molar-refractivity contribution in [3.63, 3.8) is 0 Å². The third kappa shape index (κ3) is 3.22. The van der Waals surface area contributed by atoms with Gasteiger partial charge in [-0.2, -0.15) is 5.10 Å². The molecule has 0 amide bonds. The molecule has 3 rings (SSSR count). The first kappa shape index (κ1) is 14.1. The van der Waals surface area contributed by atoms with Crippen LogP contribution in [0.1, 0.15) is 11.4 Å². The average molecular weight is 295 g/mol. The molecule has 0 aliphatic rings. The van der Waals surface area contributed by atoms with Gasteiger partial charge in [-0.3, -0.25) is 0 Å². The Hall–Kier alpha value is -2.89. The summed E-state index contributed by atoms with van der Waals surface area (Å²) in [6, 6.07) is 11.5. The topological polar surface area (TPSA) is 78.9 Å². The van der Waals surface area contributed by atoms with E-state index >= 15 is 0 Å². The van der Waals surface area contributed by atoms with Crippen LogP contribution in [-0.4, -0.2) is 26.9 Å². The molecule has 6 nitrogen and oxygen atoms in total. The van der Waals surface area contributed by atoms with Gasteiger partial charge in [0.15, 0.2) is 5.82 Å². The second-order valence-electron chi connectivity index (χ2n) is 4.87. The van der Waals surface area contributed by atoms with Crippen LogP contribution in [0.2, 0.25) is 0 Å². The minimum Gasteiger partial charge on any atom is -0.497 e. The lowest BCUT2D eigenvalue weighted by Crippen LogP contribution is -2.07. The number of nitrogen functional groups attached to an aromatic ring is 1. The Morgan fingerprint density at radius 2 is 1.95 bits per heavy atom. The minimum atomic E-state index is 0.449. The Kier molecular flexibility index (Phi) is 4.00. The van der Waals surface area contributed by atoms with E-state index in [4.69, 9.17) is 10.5 Å². The number of hydrogen-bond acceptors (Lipinski definition) is 5. The largest absolute Gasteiger partial charge is 0.497 e. The van der Waals surface area contributed by atoms with Crippen LogP contribution in [0.5, 0.6) is 5.75 Å². The first-order chi connectivity index (χ1) is 10.7. The zero-order valence-electron chi connectivity index (χ0n) is 12.3. The monoisotopic (exact) mass is 295 g/mol. The van der Waals surface area contributed by atoms with Crippen molar-refractivity contribution in [2.75, 3.05) is 12.8 Å². The number of benzene rings is 1. The summed E-state index contributed by atoms with van der Waals surface area (Å²) in [5, 5.41) is 4.16. The molecule has 3 aromatic rings. The maximum absolute atomic E-state index is 5.86. The van der Waals surface area contributed by atoms with Crippen LogP contribution in [0.3, 0.4) is 0 Å². The van der Waals surface area contributed by atoms with Crippen LogP contribution < -0.4 is 10.5 Å². The molecular weight excluding hydrogens is 278 g/mol. The van der Waals surface area contributed by atoms with E-state index in [9.17, 15) is 0 Å². The van der Waals surface area contributed by atoms with Gasteiger partial charge in [-0.25, -0.2) is 14.6 Å².